The van der Waals surface area contributed by atoms with E-state index in [0.29, 0.717) is 18.7 Å². The molecule has 198 valence electrons. The summed E-state index contributed by atoms with van der Waals surface area (Å²) in [6.45, 7) is 4.38. The number of hydrogen-bond donors (Lipinski definition) is 1. The van der Waals surface area contributed by atoms with Gasteiger partial charge in [-0.3, -0.25) is 4.90 Å². The van der Waals surface area contributed by atoms with Crippen LogP contribution in [0, 0.1) is 17.6 Å². The lowest BCUT2D eigenvalue weighted by atomic mass is 10.0. The minimum absolute atomic E-state index is 0.0170. The molecule has 1 heterocycles. The summed E-state index contributed by atoms with van der Waals surface area (Å²) in [5.41, 5.74) is 2.23. The van der Waals surface area contributed by atoms with Crippen LogP contribution in [0.2, 0.25) is 0 Å². The summed E-state index contributed by atoms with van der Waals surface area (Å²) in [7, 11) is -2.06. The number of halogens is 2. The lowest BCUT2D eigenvalue weighted by Crippen LogP contribution is -2.49. The molecule has 0 bridgehead atoms. The van der Waals surface area contributed by atoms with Crippen molar-refractivity contribution in [3.8, 4) is 16.9 Å². The fourth-order valence-electron chi connectivity index (χ4n) is 4.58. The lowest BCUT2D eigenvalue weighted by molar-refractivity contribution is 0.0734. The number of sulfonamides is 1. The van der Waals surface area contributed by atoms with Crippen molar-refractivity contribution in [3.05, 3.63) is 83.9 Å². The Labute approximate surface area is 217 Å². The Morgan fingerprint density at radius 3 is 2.43 bits per heavy atom. The van der Waals surface area contributed by atoms with Gasteiger partial charge in [0.25, 0.3) is 0 Å². The van der Waals surface area contributed by atoms with Crippen molar-refractivity contribution in [2.45, 2.75) is 37.4 Å². The van der Waals surface area contributed by atoms with Crippen LogP contribution >= 0.6 is 0 Å². The monoisotopic (exact) mass is 530 g/mol. The summed E-state index contributed by atoms with van der Waals surface area (Å²) in [5, 5.41) is 9.82. The molecule has 6 nitrogen and oxygen atoms in total. The molecular weight excluding hydrogens is 498 g/mol. The van der Waals surface area contributed by atoms with E-state index in [2.05, 4.69) is 0 Å². The number of fused-ring (bicyclic) bond motifs is 1. The first-order valence-electron chi connectivity index (χ1n) is 12.2. The number of aliphatic hydroxyl groups excluding tert-OH is 1. The smallest absolute Gasteiger partial charge is 0.247 e. The first-order valence-corrected chi connectivity index (χ1v) is 13.6. The highest BCUT2D eigenvalue weighted by atomic mass is 32.2. The molecule has 3 aromatic rings. The highest BCUT2D eigenvalue weighted by Gasteiger charge is 2.38. The largest absolute Gasteiger partial charge is 0.487 e. The Morgan fingerprint density at radius 2 is 1.76 bits per heavy atom. The zero-order chi connectivity index (χ0) is 26.7. The molecular formula is C28H32F2N2O4S. The molecule has 3 atom stereocenters. The van der Waals surface area contributed by atoms with Gasteiger partial charge >= 0.3 is 0 Å². The maximum absolute atomic E-state index is 13.7. The van der Waals surface area contributed by atoms with Crippen LogP contribution < -0.4 is 4.74 Å². The molecule has 0 amide bonds. The van der Waals surface area contributed by atoms with Gasteiger partial charge in [0.15, 0.2) is 0 Å². The van der Waals surface area contributed by atoms with Gasteiger partial charge in [-0.2, -0.15) is 4.31 Å². The standard InChI is InChI=1S/C28H32F2N2O4S/c1-19-15-32(20(2)18-33)37(34,35)28-12-9-23(22-7-10-24(29)11-8-22)14-26(28)36-27(19)17-31(3)16-21-5-4-6-25(30)13-21/h4-14,19-20,27,33H,15-18H2,1-3H3/t19-,20+,27+/m0/s1. The predicted octanol–water partition coefficient (Wildman–Crippen LogP) is 4.53. The maximum atomic E-state index is 13.7. The van der Waals surface area contributed by atoms with Crippen LogP contribution in [0.4, 0.5) is 8.78 Å². The molecule has 1 N–H and O–H groups in total. The topological polar surface area (TPSA) is 70.1 Å². The number of benzene rings is 3. The van der Waals surface area contributed by atoms with Crippen LogP contribution in [-0.4, -0.2) is 61.6 Å². The number of aliphatic hydroxyl groups is 1. The zero-order valence-corrected chi connectivity index (χ0v) is 22.0. The van der Waals surface area contributed by atoms with Crippen LogP contribution in [-0.2, 0) is 16.6 Å². The fourth-order valence-corrected chi connectivity index (χ4v) is 6.41. The first kappa shape index (κ1) is 27.2. The van der Waals surface area contributed by atoms with Gasteiger partial charge in [0.05, 0.1) is 6.61 Å². The third-order valence-electron chi connectivity index (χ3n) is 6.68. The molecule has 0 aromatic heterocycles. The van der Waals surface area contributed by atoms with Crippen LogP contribution in [0.15, 0.2) is 71.6 Å². The zero-order valence-electron chi connectivity index (χ0n) is 21.1. The maximum Gasteiger partial charge on any atom is 0.247 e. The van der Waals surface area contributed by atoms with Crippen LogP contribution in [0.1, 0.15) is 19.4 Å². The van der Waals surface area contributed by atoms with Gasteiger partial charge < -0.3 is 9.84 Å². The van der Waals surface area contributed by atoms with E-state index in [-0.39, 0.29) is 41.3 Å². The predicted molar refractivity (Wildman–Crippen MR) is 139 cm³/mol. The minimum Gasteiger partial charge on any atom is -0.487 e. The summed E-state index contributed by atoms with van der Waals surface area (Å²) < 4.78 is 62.2. The van der Waals surface area contributed by atoms with E-state index in [1.807, 2.05) is 24.9 Å². The molecule has 0 radical (unpaired) electrons. The Bertz CT molecular complexity index is 1330. The second kappa shape index (κ2) is 11.3. The second-order valence-corrected chi connectivity index (χ2v) is 11.6. The Morgan fingerprint density at radius 1 is 1.05 bits per heavy atom. The summed E-state index contributed by atoms with van der Waals surface area (Å²) in [6, 6.07) is 16.6. The lowest BCUT2D eigenvalue weighted by Gasteiger charge is -2.37. The van der Waals surface area contributed by atoms with E-state index in [1.54, 1.807) is 37.3 Å². The Balaban J connectivity index is 1.71. The van der Waals surface area contributed by atoms with Gasteiger partial charge in [0, 0.05) is 31.6 Å². The molecule has 0 saturated carbocycles. The summed E-state index contributed by atoms with van der Waals surface area (Å²) in [5.74, 6) is -0.686. The highest BCUT2D eigenvalue weighted by molar-refractivity contribution is 7.89. The number of likely N-dealkylation sites (N-methyl/N-ethyl adjacent to an activating group) is 1. The van der Waals surface area contributed by atoms with Gasteiger partial charge in [-0.25, -0.2) is 17.2 Å². The van der Waals surface area contributed by atoms with E-state index in [4.69, 9.17) is 4.74 Å². The van der Waals surface area contributed by atoms with Crippen LogP contribution in [0.5, 0.6) is 5.75 Å². The van der Waals surface area contributed by atoms with E-state index < -0.39 is 22.2 Å². The molecule has 0 aliphatic carbocycles. The second-order valence-electron chi connectivity index (χ2n) is 9.73. The van der Waals surface area contributed by atoms with Crippen molar-refractivity contribution >= 4 is 10.0 Å². The van der Waals surface area contributed by atoms with E-state index >= 15 is 0 Å². The third-order valence-corrected chi connectivity index (χ3v) is 8.70. The Hall–Kier alpha value is -2.85. The van der Waals surface area contributed by atoms with Crippen molar-refractivity contribution in [2.75, 3.05) is 26.7 Å². The summed E-state index contributed by atoms with van der Waals surface area (Å²) in [4.78, 5) is 2.03. The molecule has 0 spiro atoms. The molecule has 3 aromatic carbocycles. The molecule has 4 rings (SSSR count). The molecule has 0 unspecified atom stereocenters. The molecule has 37 heavy (non-hydrogen) atoms. The molecule has 1 aliphatic rings. The van der Waals surface area contributed by atoms with Gasteiger partial charge in [0.2, 0.25) is 10.0 Å². The molecule has 0 saturated heterocycles. The summed E-state index contributed by atoms with van der Waals surface area (Å²) in [6.07, 6.45) is -0.398. The molecule has 9 heteroatoms. The Kier molecular flexibility index (Phi) is 8.28. The fraction of sp³-hybridized carbons (Fsp3) is 0.357. The normalized spacial score (nSPS) is 20.5. The van der Waals surface area contributed by atoms with Crippen molar-refractivity contribution in [3.63, 3.8) is 0 Å². The van der Waals surface area contributed by atoms with E-state index in [1.165, 1.54) is 34.6 Å². The molecule has 1 aliphatic heterocycles. The average Bonchev–Trinajstić information content (AvgIpc) is 2.86. The van der Waals surface area contributed by atoms with Crippen molar-refractivity contribution in [1.82, 2.24) is 9.21 Å². The van der Waals surface area contributed by atoms with E-state index in [0.717, 1.165) is 11.1 Å². The van der Waals surface area contributed by atoms with Gasteiger partial charge in [-0.05, 0) is 67.1 Å². The van der Waals surface area contributed by atoms with Crippen molar-refractivity contribution in [2.24, 2.45) is 5.92 Å². The van der Waals surface area contributed by atoms with Gasteiger partial charge in [0.1, 0.15) is 28.4 Å². The SMILES string of the molecule is C[C@H](CO)N1C[C@H](C)[C@@H](CN(C)Cc2cccc(F)c2)Oc2cc(-c3ccc(F)cc3)ccc2S1(=O)=O. The quantitative estimate of drug-likeness (QED) is 0.486. The van der Waals surface area contributed by atoms with Gasteiger partial charge in [-0.15, -0.1) is 0 Å². The number of nitrogens with zero attached hydrogens (tertiary/aromatic N) is 2. The minimum atomic E-state index is -3.96. The summed E-state index contributed by atoms with van der Waals surface area (Å²) >= 11 is 0. The average molecular weight is 531 g/mol. The number of hydrogen-bond acceptors (Lipinski definition) is 5. The number of rotatable bonds is 7. The highest BCUT2D eigenvalue weighted by Crippen LogP contribution is 2.36. The van der Waals surface area contributed by atoms with Crippen molar-refractivity contribution < 1.29 is 27.0 Å². The van der Waals surface area contributed by atoms with Crippen molar-refractivity contribution in [1.29, 1.82) is 0 Å². The van der Waals surface area contributed by atoms with Crippen LogP contribution in [0.25, 0.3) is 11.1 Å². The van der Waals surface area contributed by atoms with Crippen LogP contribution in [0.3, 0.4) is 0 Å². The van der Waals surface area contributed by atoms with E-state index in [9.17, 15) is 22.3 Å². The van der Waals surface area contributed by atoms with Gasteiger partial charge in [-0.1, -0.05) is 37.3 Å². The molecule has 0 fully saturated rings. The number of ether oxygens (including phenoxy) is 1. The third kappa shape index (κ3) is 6.18. The first-order chi connectivity index (χ1) is 17.6.